The maximum Gasteiger partial charge on any atom is 0.298 e. The van der Waals surface area contributed by atoms with Gasteiger partial charge in [0.15, 0.2) is 0 Å². The van der Waals surface area contributed by atoms with Gasteiger partial charge in [0.1, 0.15) is 10.6 Å². The predicted molar refractivity (Wildman–Crippen MR) is 115 cm³/mol. The Labute approximate surface area is 172 Å². The molecule has 0 saturated heterocycles. The summed E-state index contributed by atoms with van der Waals surface area (Å²) in [5, 5.41) is 10.7. The van der Waals surface area contributed by atoms with Gasteiger partial charge in [-0.05, 0) is 22.8 Å². The molecule has 0 radical (unpaired) electrons. The number of hydrogen-bond acceptors (Lipinski definition) is 3. The van der Waals surface area contributed by atoms with Gasteiger partial charge in [0, 0.05) is 16.4 Å². The molecule has 0 aliphatic carbocycles. The molecular weight excluding hydrogens is 384 g/mol. The van der Waals surface area contributed by atoms with Gasteiger partial charge in [-0.1, -0.05) is 94.4 Å². The summed E-state index contributed by atoms with van der Waals surface area (Å²) >= 11 is 0. The Bertz CT molecular complexity index is 1130. The molecule has 0 bridgehead atoms. The number of phenolic OH excluding ortho intramolecular Hbond substituents is 1. The highest BCUT2D eigenvalue weighted by Gasteiger charge is 2.35. The third-order valence-corrected chi connectivity index (χ3v) is 6.60. The van der Waals surface area contributed by atoms with Crippen LogP contribution in [0.2, 0.25) is 0 Å². The fourth-order valence-electron chi connectivity index (χ4n) is 3.96. The lowest BCUT2D eigenvalue weighted by Crippen LogP contribution is -2.28. The van der Waals surface area contributed by atoms with E-state index in [1.807, 2.05) is 50.2 Å². The van der Waals surface area contributed by atoms with Crippen LogP contribution in [-0.4, -0.2) is 18.1 Å². The van der Waals surface area contributed by atoms with Crippen LogP contribution in [0, 0.1) is 0 Å². The van der Waals surface area contributed by atoms with Crippen molar-refractivity contribution in [3.05, 3.63) is 95.1 Å². The van der Waals surface area contributed by atoms with Crippen LogP contribution >= 0.6 is 0 Å². The molecule has 2 N–H and O–H groups in total. The lowest BCUT2D eigenvalue weighted by molar-refractivity contribution is 0.426. The molecule has 0 spiro atoms. The third-order valence-electron chi connectivity index (χ3n) is 5.72. The van der Waals surface area contributed by atoms with E-state index in [2.05, 4.69) is 32.0 Å². The van der Waals surface area contributed by atoms with Gasteiger partial charge in [-0.3, -0.25) is 4.55 Å². The van der Waals surface area contributed by atoms with Gasteiger partial charge < -0.3 is 5.11 Å². The third kappa shape index (κ3) is 3.80. The molecule has 5 heteroatoms. The van der Waals surface area contributed by atoms with Crippen LogP contribution in [-0.2, 0) is 20.9 Å². The van der Waals surface area contributed by atoms with Crippen molar-refractivity contribution in [3.63, 3.8) is 0 Å². The van der Waals surface area contributed by atoms with Gasteiger partial charge in [-0.15, -0.1) is 0 Å². The summed E-state index contributed by atoms with van der Waals surface area (Å²) in [6.45, 7) is 8.17. The van der Waals surface area contributed by atoms with E-state index in [9.17, 15) is 18.1 Å². The Kier molecular flexibility index (Phi) is 5.32. The first-order valence-electron chi connectivity index (χ1n) is 9.43. The highest BCUT2D eigenvalue weighted by Crippen LogP contribution is 2.44. The summed E-state index contributed by atoms with van der Waals surface area (Å²) in [4.78, 5) is -0.483. The van der Waals surface area contributed by atoms with E-state index >= 15 is 0 Å². The molecule has 0 aliphatic rings. The lowest BCUT2D eigenvalue weighted by Gasteiger charge is -2.35. The number of benzene rings is 3. The fourth-order valence-corrected chi connectivity index (χ4v) is 4.57. The van der Waals surface area contributed by atoms with Crippen molar-refractivity contribution in [3.8, 4) is 5.75 Å². The molecule has 0 aromatic heterocycles. The molecule has 0 fully saturated rings. The molecule has 152 valence electrons. The van der Waals surface area contributed by atoms with Crippen molar-refractivity contribution in [2.24, 2.45) is 0 Å². The largest absolute Gasteiger partial charge is 0.506 e. The zero-order valence-electron chi connectivity index (χ0n) is 17.0. The van der Waals surface area contributed by atoms with Crippen molar-refractivity contribution in [1.29, 1.82) is 0 Å². The minimum absolute atomic E-state index is 0.314. The molecule has 0 amide bonds. The zero-order chi connectivity index (χ0) is 21.4. The standard InChI is InChI=1S/C24H26O4S/c1-23(2,17-11-6-5-7-12-17)18-13-8-9-14-19(18)24(3,4)20-15-10-16-21(22(20)25)29(26,27)28/h5-16,25H,1-4H3,(H,26,27,28). The van der Waals surface area contributed by atoms with Gasteiger partial charge >= 0.3 is 0 Å². The normalized spacial score (nSPS) is 12.7. The van der Waals surface area contributed by atoms with Crippen molar-refractivity contribution < 1.29 is 18.1 Å². The summed E-state index contributed by atoms with van der Waals surface area (Å²) in [5.74, 6) is -0.424. The topological polar surface area (TPSA) is 74.6 Å². The second kappa shape index (κ2) is 7.32. The fraction of sp³-hybridized carbons (Fsp3) is 0.250. The van der Waals surface area contributed by atoms with E-state index in [-0.39, 0.29) is 5.41 Å². The zero-order valence-corrected chi connectivity index (χ0v) is 17.9. The number of rotatable bonds is 5. The quantitative estimate of drug-likeness (QED) is 0.561. The maximum atomic E-state index is 11.7. The molecule has 3 rings (SSSR count). The van der Waals surface area contributed by atoms with E-state index in [4.69, 9.17) is 0 Å². The van der Waals surface area contributed by atoms with Crippen LogP contribution < -0.4 is 0 Å². The van der Waals surface area contributed by atoms with E-state index < -0.39 is 26.2 Å². The smallest absolute Gasteiger partial charge is 0.298 e. The number of para-hydroxylation sites is 1. The first-order chi connectivity index (χ1) is 13.5. The lowest BCUT2D eigenvalue weighted by atomic mass is 9.68. The molecule has 0 aliphatic heterocycles. The van der Waals surface area contributed by atoms with Gasteiger partial charge in [0.25, 0.3) is 10.1 Å². The second-order valence-electron chi connectivity index (χ2n) is 8.29. The highest BCUT2D eigenvalue weighted by molar-refractivity contribution is 7.86. The molecular formula is C24H26O4S. The van der Waals surface area contributed by atoms with Crippen LogP contribution in [0.5, 0.6) is 5.75 Å². The van der Waals surface area contributed by atoms with Gasteiger partial charge in [-0.25, -0.2) is 0 Å². The molecule has 3 aromatic carbocycles. The summed E-state index contributed by atoms with van der Waals surface area (Å²) < 4.78 is 32.8. The Morgan fingerprint density at radius 2 is 1.14 bits per heavy atom. The summed E-state index contributed by atoms with van der Waals surface area (Å²) in [6, 6.07) is 22.6. The minimum Gasteiger partial charge on any atom is -0.506 e. The van der Waals surface area contributed by atoms with Crippen LogP contribution in [0.15, 0.2) is 77.7 Å². The molecule has 29 heavy (non-hydrogen) atoms. The van der Waals surface area contributed by atoms with Crippen molar-refractivity contribution in [1.82, 2.24) is 0 Å². The summed E-state index contributed by atoms with van der Waals surface area (Å²) in [6.07, 6.45) is 0. The minimum atomic E-state index is -4.53. The molecule has 4 nitrogen and oxygen atoms in total. The molecule has 0 saturated carbocycles. The van der Waals surface area contributed by atoms with E-state index in [1.165, 1.54) is 12.1 Å². The average Bonchev–Trinajstić information content (AvgIpc) is 2.68. The Hall–Kier alpha value is -2.63. The van der Waals surface area contributed by atoms with Gasteiger partial charge in [0.2, 0.25) is 0 Å². The van der Waals surface area contributed by atoms with Crippen molar-refractivity contribution >= 4 is 10.1 Å². The Morgan fingerprint density at radius 3 is 1.69 bits per heavy atom. The van der Waals surface area contributed by atoms with Crippen molar-refractivity contribution in [2.75, 3.05) is 0 Å². The molecule has 0 atom stereocenters. The second-order valence-corrected chi connectivity index (χ2v) is 9.68. The molecule has 3 aromatic rings. The van der Waals surface area contributed by atoms with Gasteiger partial charge in [0.05, 0.1) is 0 Å². The van der Waals surface area contributed by atoms with E-state index in [1.54, 1.807) is 6.07 Å². The average molecular weight is 411 g/mol. The van der Waals surface area contributed by atoms with Crippen molar-refractivity contribution in [2.45, 2.75) is 43.4 Å². The summed E-state index contributed by atoms with van der Waals surface area (Å²) in [5.41, 5.74) is 2.60. The SMILES string of the molecule is CC(C)(c1ccccc1)c1ccccc1C(C)(C)c1cccc(S(=O)(=O)O)c1O. The van der Waals surface area contributed by atoms with Gasteiger partial charge in [-0.2, -0.15) is 8.42 Å². The maximum absolute atomic E-state index is 11.7. The van der Waals surface area contributed by atoms with E-state index in [0.29, 0.717) is 5.56 Å². The number of phenols is 1. The van der Waals surface area contributed by atoms with Crippen LogP contribution in [0.4, 0.5) is 0 Å². The molecule has 0 heterocycles. The van der Waals surface area contributed by atoms with Crippen LogP contribution in [0.1, 0.15) is 49.9 Å². The highest BCUT2D eigenvalue weighted by atomic mass is 32.2. The van der Waals surface area contributed by atoms with Crippen LogP contribution in [0.25, 0.3) is 0 Å². The molecule has 0 unspecified atom stereocenters. The first-order valence-corrected chi connectivity index (χ1v) is 10.9. The van der Waals surface area contributed by atoms with Crippen LogP contribution in [0.3, 0.4) is 0 Å². The Balaban J connectivity index is 2.23. The number of hydrogen-bond donors (Lipinski definition) is 2. The number of aromatic hydroxyl groups is 1. The predicted octanol–water partition coefficient (Wildman–Crippen LogP) is 5.29. The Morgan fingerprint density at radius 1 is 0.655 bits per heavy atom. The monoisotopic (exact) mass is 410 g/mol. The van der Waals surface area contributed by atoms with E-state index in [0.717, 1.165) is 16.7 Å². The first kappa shape index (κ1) is 21.1. The summed E-state index contributed by atoms with van der Waals surface area (Å²) in [7, 11) is -4.53.